The summed E-state index contributed by atoms with van der Waals surface area (Å²) < 4.78 is 143. The van der Waals surface area contributed by atoms with E-state index >= 15 is 0 Å². The number of carbonyl (C=O) groups is 1. The molecule has 4 rings (SSSR count). The standard InChI is InChI=1S/C18H24F3NO6S.C13H16F3NO4S/c1-5-8-22(16(23)27-17(2,3)4)13-9-12-6-7-14(10-15(12)26-11-13)28-29(24,25)18(19,20)21;1-2-5-17-10-6-9-3-4-11(7-12(9)20-8-10)21-22(18,19)13(14,15)16/h6-7,10,13H,5,8-9,11H2,1-4H3;3-4,7,10,17H,2,5-6,8H2,1H3. The van der Waals surface area contributed by atoms with Crippen LogP contribution in [0.3, 0.4) is 0 Å². The summed E-state index contributed by atoms with van der Waals surface area (Å²) in [5, 5.41) is 3.28. The molecule has 0 aromatic heterocycles. The molecule has 0 radical (unpaired) electrons. The molecule has 0 fully saturated rings. The first kappa shape index (κ1) is 41.8. The van der Waals surface area contributed by atoms with Crippen LogP contribution >= 0.6 is 0 Å². The highest BCUT2D eigenvalue weighted by Crippen LogP contribution is 2.35. The van der Waals surface area contributed by atoms with Crippen LogP contribution in [0.2, 0.25) is 0 Å². The van der Waals surface area contributed by atoms with Gasteiger partial charge in [-0.05, 0) is 76.3 Å². The molecule has 2 aromatic rings. The number of nitrogens with zero attached hydrogens (tertiary/aromatic N) is 1. The zero-order chi connectivity index (χ0) is 38.4. The summed E-state index contributed by atoms with van der Waals surface area (Å²) in [6, 6.07) is 7.28. The maximum Gasteiger partial charge on any atom is 0.534 e. The highest BCUT2D eigenvalue weighted by atomic mass is 32.2. The highest BCUT2D eigenvalue weighted by molar-refractivity contribution is 7.88. The lowest BCUT2D eigenvalue weighted by Gasteiger charge is -2.36. The number of amides is 1. The number of hydrogen-bond acceptors (Lipinski definition) is 11. The van der Waals surface area contributed by atoms with Crippen molar-refractivity contribution in [3.8, 4) is 23.0 Å². The van der Waals surface area contributed by atoms with Crippen LogP contribution in [-0.4, -0.2) is 82.8 Å². The van der Waals surface area contributed by atoms with Gasteiger partial charge < -0.3 is 32.8 Å². The predicted molar refractivity (Wildman–Crippen MR) is 172 cm³/mol. The second-order valence-corrected chi connectivity index (χ2v) is 15.6. The third kappa shape index (κ3) is 11.7. The number of halogens is 6. The van der Waals surface area contributed by atoms with E-state index < -0.39 is 54.4 Å². The molecular weight excluding hydrogens is 738 g/mol. The lowest BCUT2D eigenvalue weighted by atomic mass is 10.0. The summed E-state index contributed by atoms with van der Waals surface area (Å²) in [4.78, 5) is 14.1. The fraction of sp³-hybridized carbons (Fsp3) is 0.581. The van der Waals surface area contributed by atoms with Crippen molar-refractivity contribution in [3.63, 3.8) is 0 Å². The van der Waals surface area contributed by atoms with Crippen molar-refractivity contribution in [1.29, 1.82) is 0 Å². The molecule has 2 aliphatic rings. The van der Waals surface area contributed by atoms with Crippen LogP contribution in [-0.2, 0) is 37.8 Å². The van der Waals surface area contributed by atoms with Gasteiger partial charge in [0.15, 0.2) is 0 Å². The van der Waals surface area contributed by atoms with Gasteiger partial charge in [-0.2, -0.15) is 43.2 Å². The van der Waals surface area contributed by atoms with Crippen molar-refractivity contribution < 1.29 is 70.5 Å². The molecule has 2 heterocycles. The number of rotatable bonds is 10. The molecule has 12 nitrogen and oxygen atoms in total. The van der Waals surface area contributed by atoms with E-state index in [-0.39, 0.29) is 24.4 Å². The molecule has 0 spiro atoms. The van der Waals surface area contributed by atoms with Gasteiger partial charge >= 0.3 is 37.3 Å². The Balaban J connectivity index is 0.000000286. The lowest BCUT2D eigenvalue weighted by molar-refractivity contribution is -0.0504. The van der Waals surface area contributed by atoms with Crippen LogP contribution < -0.4 is 23.2 Å². The first-order valence-corrected chi connectivity index (χ1v) is 18.5. The fourth-order valence-electron chi connectivity index (χ4n) is 4.80. The first-order chi connectivity index (χ1) is 23.5. The zero-order valence-electron chi connectivity index (χ0n) is 28.4. The van der Waals surface area contributed by atoms with Crippen molar-refractivity contribution in [2.45, 2.75) is 89.0 Å². The van der Waals surface area contributed by atoms with Gasteiger partial charge in [-0.1, -0.05) is 26.0 Å². The molecule has 2 unspecified atom stereocenters. The van der Waals surface area contributed by atoms with Crippen LogP contribution in [0.5, 0.6) is 23.0 Å². The summed E-state index contributed by atoms with van der Waals surface area (Å²) in [7, 11) is -11.4. The Kier molecular flexibility index (Phi) is 13.4. The smallest absolute Gasteiger partial charge is 0.492 e. The second kappa shape index (κ2) is 16.4. The van der Waals surface area contributed by atoms with Crippen molar-refractivity contribution in [2.24, 2.45) is 0 Å². The van der Waals surface area contributed by atoms with E-state index in [1.807, 2.05) is 13.8 Å². The number of alkyl halides is 6. The van der Waals surface area contributed by atoms with Crippen LogP contribution in [0.4, 0.5) is 31.1 Å². The van der Waals surface area contributed by atoms with Gasteiger partial charge in [-0.25, -0.2) is 4.79 Å². The number of carbonyl (C=O) groups excluding carboxylic acids is 1. The minimum absolute atomic E-state index is 0.0850. The van der Waals surface area contributed by atoms with E-state index in [0.29, 0.717) is 43.7 Å². The van der Waals surface area contributed by atoms with E-state index in [1.54, 1.807) is 25.7 Å². The van der Waals surface area contributed by atoms with Crippen molar-refractivity contribution in [2.75, 3.05) is 26.3 Å². The average Bonchev–Trinajstić information content (AvgIpc) is 3.00. The normalized spacial score (nSPS) is 17.7. The number of nitrogens with one attached hydrogen (secondary N) is 1. The van der Waals surface area contributed by atoms with Gasteiger partial charge in [0.05, 0.1) is 6.04 Å². The van der Waals surface area contributed by atoms with Crippen LogP contribution in [0.15, 0.2) is 36.4 Å². The molecule has 288 valence electrons. The minimum atomic E-state index is -5.76. The molecule has 1 N–H and O–H groups in total. The molecule has 0 bridgehead atoms. The maximum atomic E-state index is 12.5. The van der Waals surface area contributed by atoms with Crippen molar-refractivity contribution in [3.05, 3.63) is 47.5 Å². The monoisotopic (exact) mass is 778 g/mol. The molecular formula is C31H40F6N2O10S2. The Morgan fingerprint density at radius 1 is 0.804 bits per heavy atom. The molecule has 51 heavy (non-hydrogen) atoms. The Bertz CT molecular complexity index is 1730. The molecule has 0 saturated carbocycles. The first-order valence-electron chi connectivity index (χ1n) is 15.7. The van der Waals surface area contributed by atoms with E-state index in [0.717, 1.165) is 36.7 Å². The molecule has 0 aliphatic carbocycles. The summed E-state index contributed by atoms with van der Waals surface area (Å²) in [6.07, 6.45) is 2.23. The molecule has 1 amide bonds. The summed E-state index contributed by atoms with van der Waals surface area (Å²) in [5.74, 6) is -0.380. The number of ether oxygens (including phenoxy) is 3. The van der Waals surface area contributed by atoms with E-state index in [2.05, 4.69) is 13.7 Å². The van der Waals surface area contributed by atoms with E-state index in [9.17, 15) is 48.0 Å². The molecule has 0 saturated heterocycles. The van der Waals surface area contributed by atoms with Crippen molar-refractivity contribution >= 4 is 26.3 Å². The third-order valence-electron chi connectivity index (χ3n) is 7.07. The average molecular weight is 779 g/mol. The largest absolute Gasteiger partial charge is 0.534 e. The maximum absolute atomic E-state index is 12.5. The van der Waals surface area contributed by atoms with Gasteiger partial charge in [0.25, 0.3) is 0 Å². The molecule has 2 aliphatic heterocycles. The van der Waals surface area contributed by atoms with Crippen LogP contribution in [0.25, 0.3) is 0 Å². The quantitative estimate of drug-likeness (QED) is 0.170. The number of benzene rings is 2. The third-order valence-corrected chi connectivity index (χ3v) is 9.02. The molecule has 2 atom stereocenters. The van der Waals surface area contributed by atoms with Crippen molar-refractivity contribution in [1.82, 2.24) is 10.2 Å². The number of hydrogen-bond donors (Lipinski definition) is 1. The Morgan fingerprint density at radius 2 is 1.29 bits per heavy atom. The Morgan fingerprint density at radius 3 is 1.75 bits per heavy atom. The molecule has 2 aromatic carbocycles. The van der Waals surface area contributed by atoms with E-state index in [4.69, 9.17) is 14.2 Å². The molecule has 20 heteroatoms. The Hall–Kier alpha value is -3.65. The Labute approximate surface area is 292 Å². The van der Waals surface area contributed by atoms with Gasteiger partial charge in [-0.15, -0.1) is 0 Å². The zero-order valence-corrected chi connectivity index (χ0v) is 30.0. The van der Waals surface area contributed by atoms with Crippen LogP contribution in [0, 0.1) is 0 Å². The fourth-order valence-corrected chi connectivity index (χ4v) is 5.71. The highest BCUT2D eigenvalue weighted by Gasteiger charge is 2.49. The second-order valence-electron chi connectivity index (χ2n) is 12.5. The van der Waals surface area contributed by atoms with Crippen LogP contribution in [0.1, 0.15) is 58.6 Å². The van der Waals surface area contributed by atoms with Gasteiger partial charge in [0.1, 0.15) is 41.8 Å². The van der Waals surface area contributed by atoms with Gasteiger partial charge in [0.2, 0.25) is 0 Å². The topological polar surface area (TPSA) is 147 Å². The predicted octanol–water partition coefficient (Wildman–Crippen LogP) is 6.08. The van der Waals surface area contributed by atoms with Gasteiger partial charge in [-0.3, -0.25) is 0 Å². The minimum Gasteiger partial charge on any atom is -0.492 e. The summed E-state index contributed by atoms with van der Waals surface area (Å²) in [5.41, 5.74) is -10.2. The SMILES string of the molecule is CCCN(C(=O)OC(C)(C)C)C1COc2cc(OS(=O)(=O)C(F)(F)F)ccc2C1.CCCNC1COc2cc(OS(=O)(=O)C(F)(F)F)ccc2C1. The number of fused-ring (bicyclic) bond motifs is 2. The van der Waals surface area contributed by atoms with E-state index in [1.165, 1.54) is 18.2 Å². The lowest BCUT2D eigenvalue weighted by Crippen LogP contribution is -2.48. The van der Waals surface area contributed by atoms with Gasteiger partial charge in [0, 0.05) is 24.7 Å². The summed E-state index contributed by atoms with van der Waals surface area (Å²) >= 11 is 0. The summed E-state index contributed by atoms with van der Waals surface area (Å²) in [6.45, 7) is 11.0.